The van der Waals surface area contributed by atoms with E-state index in [2.05, 4.69) is 5.32 Å². The average Bonchev–Trinajstić information content (AvgIpc) is 2.48. The number of hydrogen-bond acceptors (Lipinski definition) is 4. The molecule has 6 nitrogen and oxygen atoms in total. The molecule has 0 atom stereocenters. The number of urea groups is 1. The van der Waals surface area contributed by atoms with Crippen LogP contribution in [0.1, 0.15) is 30.6 Å². The number of carbonyl (C=O) groups is 2. The summed E-state index contributed by atoms with van der Waals surface area (Å²) in [7, 11) is 0. The van der Waals surface area contributed by atoms with Gasteiger partial charge in [0.2, 0.25) is 0 Å². The molecule has 0 fully saturated rings. The summed E-state index contributed by atoms with van der Waals surface area (Å²) in [6, 6.07) is 6.23. The molecule has 116 valence electrons. The largest absolute Gasteiger partial charge is 0.462 e. The molecule has 21 heavy (non-hydrogen) atoms. The lowest BCUT2D eigenvalue weighted by molar-refractivity contribution is 0.0526. The molecule has 0 radical (unpaired) electrons. The molecule has 2 N–H and O–H groups in total. The van der Waals surface area contributed by atoms with E-state index in [1.54, 1.807) is 36.1 Å². The number of aliphatic hydroxyl groups is 1. The van der Waals surface area contributed by atoms with E-state index in [0.29, 0.717) is 30.9 Å². The normalized spacial score (nSPS) is 10.0. The first-order valence-corrected chi connectivity index (χ1v) is 7.06. The summed E-state index contributed by atoms with van der Waals surface area (Å²) >= 11 is 0. The van der Waals surface area contributed by atoms with Crippen LogP contribution in [0.3, 0.4) is 0 Å². The van der Waals surface area contributed by atoms with Crippen LogP contribution >= 0.6 is 0 Å². The molecular weight excluding hydrogens is 272 g/mol. The van der Waals surface area contributed by atoms with Crippen LogP contribution in [-0.4, -0.2) is 48.3 Å². The summed E-state index contributed by atoms with van der Waals surface area (Å²) < 4.78 is 4.89. The van der Waals surface area contributed by atoms with Crippen LogP contribution in [0.4, 0.5) is 10.5 Å². The van der Waals surface area contributed by atoms with Crippen LogP contribution in [0.25, 0.3) is 0 Å². The molecule has 0 saturated carbocycles. The number of anilines is 1. The lowest BCUT2D eigenvalue weighted by Gasteiger charge is -2.21. The van der Waals surface area contributed by atoms with Crippen molar-refractivity contribution in [1.82, 2.24) is 4.90 Å². The average molecular weight is 294 g/mol. The third kappa shape index (κ3) is 5.43. The molecule has 1 aromatic carbocycles. The van der Waals surface area contributed by atoms with Gasteiger partial charge in [-0.25, -0.2) is 9.59 Å². The fraction of sp³-hybridized carbons (Fsp3) is 0.467. The van der Waals surface area contributed by atoms with Gasteiger partial charge in [0.1, 0.15) is 0 Å². The SMILES string of the molecule is CCCN(CCO)C(=O)Nc1ccc(C(=O)OCC)cc1. The number of aliphatic hydroxyl groups excluding tert-OH is 1. The van der Waals surface area contributed by atoms with Gasteiger partial charge < -0.3 is 20.1 Å². The standard InChI is InChI=1S/C15H22N2O4/c1-3-9-17(10-11-18)15(20)16-13-7-5-12(6-8-13)14(19)21-4-2/h5-8,18H,3-4,9-11H2,1-2H3,(H,16,20). The van der Waals surface area contributed by atoms with Crippen molar-refractivity contribution in [3.8, 4) is 0 Å². The number of hydrogen-bond donors (Lipinski definition) is 2. The number of carbonyl (C=O) groups excluding carboxylic acids is 2. The van der Waals surface area contributed by atoms with Gasteiger partial charge in [-0.15, -0.1) is 0 Å². The molecule has 0 saturated heterocycles. The summed E-state index contributed by atoms with van der Waals surface area (Å²) in [5.74, 6) is -0.386. The topological polar surface area (TPSA) is 78.9 Å². The minimum Gasteiger partial charge on any atom is -0.462 e. The molecule has 0 spiro atoms. The van der Waals surface area contributed by atoms with Gasteiger partial charge in [0.05, 0.1) is 18.8 Å². The zero-order valence-electron chi connectivity index (χ0n) is 12.5. The second kappa shape index (κ2) is 8.97. The van der Waals surface area contributed by atoms with E-state index in [1.165, 1.54) is 0 Å². The molecule has 0 bridgehead atoms. The molecule has 0 unspecified atom stereocenters. The van der Waals surface area contributed by atoms with Crippen LogP contribution in [0.15, 0.2) is 24.3 Å². The predicted octanol–water partition coefficient (Wildman–Crippen LogP) is 2.10. The quantitative estimate of drug-likeness (QED) is 0.755. The first-order chi connectivity index (χ1) is 10.1. The number of esters is 1. The first-order valence-electron chi connectivity index (χ1n) is 7.06. The molecule has 6 heteroatoms. The highest BCUT2D eigenvalue weighted by Crippen LogP contribution is 2.11. The Kier molecular flexibility index (Phi) is 7.25. The molecule has 0 aromatic heterocycles. The van der Waals surface area contributed by atoms with Gasteiger partial charge in [-0.2, -0.15) is 0 Å². The summed E-state index contributed by atoms with van der Waals surface area (Å²) in [6.07, 6.45) is 0.815. The number of amides is 2. The first kappa shape index (κ1) is 17.0. The number of nitrogens with one attached hydrogen (secondary N) is 1. The Hall–Kier alpha value is -2.08. The second-order valence-electron chi connectivity index (χ2n) is 4.44. The van der Waals surface area contributed by atoms with Gasteiger partial charge in [0.15, 0.2) is 0 Å². The van der Waals surface area contributed by atoms with E-state index in [-0.39, 0.29) is 18.6 Å². The monoisotopic (exact) mass is 294 g/mol. The molecule has 1 aromatic rings. The van der Waals surface area contributed by atoms with Gasteiger partial charge >= 0.3 is 12.0 Å². The van der Waals surface area contributed by atoms with Gasteiger partial charge in [0, 0.05) is 18.8 Å². The third-order valence-electron chi connectivity index (χ3n) is 2.80. The second-order valence-corrected chi connectivity index (χ2v) is 4.44. The van der Waals surface area contributed by atoms with Crippen molar-refractivity contribution in [1.29, 1.82) is 0 Å². The number of benzene rings is 1. The molecule has 0 aliphatic heterocycles. The smallest absolute Gasteiger partial charge is 0.338 e. The van der Waals surface area contributed by atoms with E-state index >= 15 is 0 Å². The maximum atomic E-state index is 12.0. The van der Waals surface area contributed by atoms with Crippen molar-refractivity contribution in [3.05, 3.63) is 29.8 Å². The lowest BCUT2D eigenvalue weighted by Crippen LogP contribution is -2.37. The number of nitrogens with zero attached hydrogens (tertiary/aromatic N) is 1. The van der Waals surface area contributed by atoms with Gasteiger partial charge in [-0.1, -0.05) is 6.92 Å². The molecule has 2 amide bonds. The van der Waals surface area contributed by atoms with E-state index < -0.39 is 0 Å². The lowest BCUT2D eigenvalue weighted by atomic mass is 10.2. The molecule has 0 heterocycles. The highest BCUT2D eigenvalue weighted by molar-refractivity contribution is 5.92. The Morgan fingerprint density at radius 3 is 2.38 bits per heavy atom. The number of ether oxygens (including phenoxy) is 1. The Balaban J connectivity index is 2.65. The zero-order valence-corrected chi connectivity index (χ0v) is 12.5. The maximum Gasteiger partial charge on any atom is 0.338 e. The Labute approximate surface area is 124 Å². The summed E-state index contributed by atoms with van der Waals surface area (Å²) in [6.45, 7) is 4.83. The third-order valence-corrected chi connectivity index (χ3v) is 2.80. The van der Waals surface area contributed by atoms with Crippen molar-refractivity contribution in [2.75, 3.05) is 31.6 Å². The summed E-state index contributed by atoms with van der Waals surface area (Å²) in [5, 5.41) is 11.7. The van der Waals surface area contributed by atoms with Gasteiger partial charge in [0.25, 0.3) is 0 Å². The molecule has 1 rings (SSSR count). The van der Waals surface area contributed by atoms with Crippen molar-refractivity contribution in [2.24, 2.45) is 0 Å². The highest BCUT2D eigenvalue weighted by Gasteiger charge is 2.12. The van der Waals surface area contributed by atoms with Crippen molar-refractivity contribution in [3.63, 3.8) is 0 Å². The van der Waals surface area contributed by atoms with E-state index in [9.17, 15) is 9.59 Å². The Morgan fingerprint density at radius 2 is 1.86 bits per heavy atom. The van der Waals surface area contributed by atoms with E-state index in [4.69, 9.17) is 9.84 Å². The molecule has 0 aliphatic rings. The van der Waals surface area contributed by atoms with Crippen molar-refractivity contribution >= 4 is 17.7 Å². The van der Waals surface area contributed by atoms with Crippen LogP contribution < -0.4 is 5.32 Å². The number of rotatable bonds is 7. The van der Waals surface area contributed by atoms with Crippen LogP contribution in [0, 0.1) is 0 Å². The van der Waals surface area contributed by atoms with Crippen molar-refractivity contribution < 1.29 is 19.4 Å². The highest BCUT2D eigenvalue weighted by atomic mass is 16.5. The fourth-order valence-corrected chi connectivity index (χ4v) is 1.81. The van der Waals surface area contributed by atoms with Crippen LogP contribution in [-0.2, 0) is 4.74 Å². The van der Waals surface area contributed by atoms with Crippen molar-refractivity contribution in [2.45, 2.75) is 20.3 Å². The summed E-state index contributed by atoms with van der Waals surface area (Å²) in [4.78, 5) is 25.1. The van der Waals surface area contributed by atoms with Gasteiger partial charge in [-0.05, 0) is 37.6 Å². The predicted molar refractivity (Wildman–Crippen MR) is 80.4 cm³/mol. The summed E-state index contributed by atoms with van der Waals surface area (Å²) in [5.41, 5.74) is 1.03. The Bertz CT molecular complexity index is 453. The molecular formula is C15H22N2O4. The Morgan fingerprint density at radius 1 is 1.19 bits per heavy atom. The fourth-order valence-electron chi connectivity index (χ4n) is 1.81. The van der Waals surface area contributed by atoms with E-state index in [0.717, 1.165) is 6.42 Å². The van der Waals surface area contributed by atoms with Gasteiger partial charge in [-0.3, -0.25) is 0 Å². The van der Waals surface area contributed by atoms with Crippen LogP contribution in [0.2, 0.25) is 0 Å². The maximum absolute atomic E-state index is 12.0. The minimum atomic E-state index is -0.386. The van der Waals surface area contributed by atoms with E-state index in [1.807, 2.05) is 6.92 Å². The minimum absolute atomic E-state index is 0.0742. The molecule has 0 aliphatic carbocycles. The zero-order chi connectivity index (χ0) is 15.7. The van der Waals surface area contributed by atoms with Crippen LogP contribution in [0.5, 0.6) is 0 Å².